The summed E-state index contributed by atoms with van der Waals surface area (Å²) in [4.78, 5) is 33.2. The first-order chi connectivity index (χ1) is 13.6. The number of carbonyl (C=O) groups is 2. The van der Waals surface area contributed by atoms with Gasteiger partial charge >= 0.3 is 6.03 Å². The minimum atomic E-state index is -0.236. The van der Waals surface area contributed by atoms with E-state index in [9.17, 15) is 9.59 Å². The number of hydrogen-bond acceptors (Lipinski definition) is 6. The van der Waals surface area contributed by atoms with Gasteiger partial charge in [-0.15, -0.1) is 0 Å². The summed E-state index contributed by atoms with van der Waals surface area (Å²) in [6, 6.07) is 10.9. The molecule has 3 N–H and O–H groups in total. The Kier molecular flexibility index (Phi) is 6.69. The summed E-state index contributed by atoms with van der Waals surface area (Å²) in [6.45, 7) is 3.05. The monoisotopic (exact) mass is 395 g/mol. The van der Waals surface area contributed by atoms with Gasteiger partial charge in [0.1, 0.15) is 0 Å². The Morgan fingerprint density at radius 3 is 2.68 bits per heavy atom. The number of nitrogens with one attached hydrogen (secondary N) is 3. The van der Waals surface area contributed by atoms with Crippen LogP contribution >= 0.6 is 11.3 Å². The van der Waals surface area contributed by atoms with Crippen molar-refractivity contribution in [3.8, 4) is 0 Å². The number of thiazole rings is 1. The van der Waals surface area contributed by atoms with Crippen LogP contribution in [0, 0.1) is 6.92 Å². The fourth-order valence-electron chi connectivity index (χ4n) is 2.48. The predicted octanol–water partition coefficient (Wildman–Crippen LogP) is 3.70. The van der Waals surface area contributed by atoms with Gasteiger partial charge < -0.3 is 16.0 Å². The lowest BCUT2D eigenvalue weighted by atomic mass is 10.1. The summed E-state index contributed by atoms with van der Waals surface area (Å²) < 4.78 is 0. The number of para-hydroxylation sites is 1. The van der Waals surface area contributed by atoms with Crippen LogP contribution in [-0.4, -0.2) is 34.9 Å². The fourth-order valence-corrected chi connectivity index (χ4v) is 3.27. The maximum Gasteiger partial charge on any atom is 0.319 e. The highest BCUT2D eigenvalue weighted by atomic mass is 32.1. The molecule has 0 aliphatic heterocycles. The van der Waals surface area contributed by atoms with Crippen LogP contribution in [-0.2, 0) is 0 Å². The van der Waals surface area contributed by atoms with E-state index < -0.39 is 0 Å². The number of amides is 2. The molecule has 0 aliphatic rings. The number of carbonyl (C=O) groups excluding carboxylic acids is 2. The minimum absolute atomic E-state index is 0.0737. The lowest BCUT2D eigenvalue weighted by molar-refractivity contribution is 0.104. The molecule has 28 heavy (non-hydrogen) atoms. The number of nitrogens with zero attached hydrogens (tertiary/aromatic N) is 2. The number of hydrogen-bond donors (Lipinski definition) is 3. The molecule has 7 nitrogen and oxygen atoms in total. The second-order valence-electron chi connectivity index (χ2n) is 6.08. The summed E-state index contributed by atoms with van der Waals surface area (Å²) in [5.41, 5.74) is 2.23. The van der Waals surface area contributed by atoms with Gasteiger partial charge in [0.05, 0.1) is 11.1 Å². The van der Waals surface area contributed by atoms with Crippen LogP contribution in [0.5, 0.6) is 0 Å². The minimum Gasteiger partial charge on any atom is -0.361 e. The van der Waals surface area contributed by atoms with Gasteiger partial charge in [-0.3, -0.25) is 9.78 Å². The molecule has 2 heterocycles. The Bertz CT molecular complexity index is 943. The number of benzene rings is 1. The molecule has 2 aromatic heterocycles. The molecule has 0 atom stereocenters. The summed E-state index contributed by atoms with van der Waals surface area (Å²) in [7, 11) is 0. The molecule has 144 valence electrons. The zero-order valence-electron chi connectivity index (χ0n) is 15.4. The van der Waals surface area contributed by atoms with Crippen molar-refractivity contribution < 1.29 is 9.59 Å². The van der Waals surface area contributed by atoms with E-state index in [0.717, 1.165) is 17.7 Å². The molecule has 0 radical (unpaired) electrons. The zero-order valence-corrected chi connectivity index (χ0v) is 16.3. The van der Waals surface area contributed by atoms with E-state index in [1.54, 1.807) is 18.6 Å². The number of urea groups is 1. The van der Waals surface area contributed by atoms with E-state index in [2.05, 4.69) is 25.9 Å². The summed E-state index contributed by atoms with van der Waals surface area (Å²) in [6.07, 6.45) is 5.55. The topological polar surface area (TPSA) is 96.0 Å². The Balaban J connectivity index is 1.40. The number of aromatic nitrogens is 2. The maximum absolute atomic E-state index is 12.5. The van der Waals surface area contributed by atoms with Gasteiger partial charge in [-0.2, -0.15) is 0 Å². The van der Waals surface area contributed by atoms with Gasteiger partial charge in [0.2, 0.25) is 5.78 Å². The van der Waals surface area contributed by atoms with Crippen LogP contribution in [0.1, 0.15) is 27.2 Å². The average Bonchev–Trinajstić information content (AvgIpc) is 3.17. The first kappa shape index (κ1) is 19.5. The molecule has 0 unspecified atom stereocenters. The van der Waals surface area contributed by atoms with E-state index in [0.29, 0.717) is 28.7 Å². The normalized spacial score (nSPS) is 10.3. The standard InChI is InChI=1S/C20H21N5O2S/c1-14-8-11-21-12-16(14)18(26)17-13-24-20(28-17)23-10-5-9-22-19(27)25-15-6-3-2-4-7-15/h2-4,6-8,11-13H,5,9-10H2,1H3,(H,23,24)(H2,22,25,27). The van der Waals surface area contributed by atoms with E-state index >= 15 is 0 Å². The first-order valence-corrected chi connectivity index (χ1v) is 9.70. The number of ketones is 1. The Morgan fingerprint density at radius 2 is 1.89 bits per heavy atom. The molecule has 0 aliphatic carbocycles. The largest absolute Gasteiger partial charge is 0.361 e. The van der Waals surface area contributed by atoms with Crippen LogP contribution in [0.2, 0.25) is 0 Å². The molecule has 0 saturated carbocycles. The van der Waals surface area contributed by atoms with Crippen LogP contribution < -0.4 is 16.0 Å². The molecule has 0 bridgehead atoms. The van der Waals surface area contributed by atoms with E-state index in [1.165, 1.54) is 11.3 Å². The second kappa shape index (κ2) is 9.61. The molecule has 3 rings (SSSR count). The SMILES string of the molecule is Cc1ccncc1C(=O)c1cnc(NCCCNC(=O)Nc2ccccc2)s1. The third kappa shape index (κ3) is 5.37. The molecule has 0 saturated heterocycles. The number of anilines is 2. The molecule has 8 heteroatoms. The van der Waals surface area contributed by atoms with Crippen molar-refractivity contribution in [2.45, 2.75) is 13.3 Å². The van der Waals surface area contributed by atoms with Gasteiger partial charge in [0.25, 0.3) is 0 Å². The molecule has 3 aromatic rings. The molecule has 0 fully saturated rings. The highest BCUT2D eigenvalue weighted by Crippen LogP contribution is 2.22. The first-order valence-electron chi connectivity index (χ1n) is 8.88. The lowest BCUT2D eigenvalue weighted by Gasteiger charge is -2.07. The molecular weight excluding hydrogens is 374 g/mol. The van der Waals surface area contributed by atoms with Crippen molar-refractivity contribution in [3.63, 3.8) is 0 Å². The molecular formula is C20H21N5O2S. The predicted molar refractivity (Wildman–Crippen MR) is 111 cm³/mol. The number of aryl methyl sites for hydroxylation is 1. The smallest absolute Gasteiger partial charge is 0.319 e. The number of rotatable bonds is 8. The quantitative estimate of drug-likeness (QED) is 0.399. The van der Waals surface area contributed by atoms with Crippen molar-refractivity contribution in [2.75, 3.05) is 23.7 Å². The van der Waals surface area contributed by atoms with Crippen LogP contribution in [0.25, 0.3) is 0 Å². The van der Waals surface area contributed by atoms with Crippen molar-refractivity contribution >= 4 is 34.0 Å². The third-order valence-electron chi connectivity index (χ3n) is 3.96. The highest BCUT2D eigenvalue weighted by molar-refractivity contribution is 7.17. The van der Waals surface area contributed by atoms with Gasteiger partial charge in [0.15, 0.2) is 5.13 Å². The van der Waals surface area contributed by atoms with Crippen molar-refractivity contribution in [1.82, 2.24) is 15.3 Å². The van der Waals surface area contributed by atoms with E-state index in [4.69, 9.17) is 0 Å². The maximum atomic E-state index is 12.5. The third-order valence-corrected chi connectivity index (χ3v) is 4.91. The fraction of sp³-hybridized carbons (Fsp3) is 0.200. The van der Waals surface area contributed by atoms with Crippen LogP contribution in [0.15, 0.2) is 55.0 Å². The van der Waals surface area contributed by atoms with E-state index in [1.807, 2.05) is 43.3 Å². The van der Waals surface area contributed by atoms with Crippen LogP contribution in [0.3, 0.4) is 0 Å². The zero-order chi connectivity index (χ0) is 19.8. The van der Waals surface area contributed by atoms with Crippen molar-refractivity contribution in [1.29, 1.82) is 0 Å². The van der Waals surface area contributed by atoms with Gasteiger partial charge in [0, 0.05) is 36.7 Å². The van der Waals surface area contributed by atoms with Gasteiger partial charge in [-0.1, -0.05) is 29.5 Å². The van der Waals surface area contributed by atoms with Gasteiger partial charge in [-0.05, 0) is 37.1 Å². The molecule has 2 amide bonds. The summed E-state index contributed by atoms with van der Waals surface area (Å²) in [5.74, 6) is -0.0737. The average molecular weight is 395 g/mol. The summed E-state index contributed by atoms with van der Waals surface area (Å²) >= 11 is 1.31. The molecule has 1 aromatic carbocycles. The van der Waals surface area contributed by atoms with Crippen LogP contribution in [0.4, 0.5) is 15.6 Å². The second-order valence-corrected chi connectivity index (χ2v) is 7.11. The van der Waals surface area contributed by atoms with E-state index in [-0.39, 0.29) is 11.8 Å². The van der Waals surface area contributed by atoms with Crippen molar-refractivity contribution in [3.05, 3.63) is 71.0 Å². The Labute approximate surface area is 167 Å². The van der Waals surface area contributed by atoms with Gasteiger partial charge in [-0.25, -0.2) is 9.78 Å². The lowest BCUT2D eigenvalue weighted by Crippen LogP contribution is -2.30. The molecule has 0 spiro atoms. The highest BCUT2D eigenvalue weighted by Gasteiger charge is 2.15. The summed E-state index contributed by atoms with van der Waals surface area (Å²) in [5, 5.41) is 9.42. The Hall–Kier alpha value is -3.26. The Morgan fingerprint density at radius 1 is 1.07 bits per heavy atom. The number of pyridine rings is 1. The van der Waals surface area contributed by atoms with Crippen molar-refractivity contribution in [2.24, 2.45) is 0 Å².